The van der Waals surface area contributed by atoms with Gasteiger partial charge >= 0.3 is 0 Å². The molecule has 2 N–H and O–H groups in total. The van der Waals surface area contributed by atoms with Crippen LogP contribution in [0.1, 0.15) is 40.2 Å². The van der Waals surface area contributed by atoms with Gasteiger partial charge < -0.3 is 5.32 Å². The van der Waals surface area contributed by atoms with Gasteiger partial charge in [0.05, 0.1) is 6.20 Å². The summed E-state index contributed by atoms with van der Waals surface area (Å²) in [6, 6.07) is 0. The number of H-pyrrole nitrogens is 1. The third-order valence-corrected chi connectivity index (χ3v) is 4.83. The predicted octanol–water partition coefficient (Wildman–Crippen LogP) is 1.82. The second-order valence-electron chi connectivity index (χ2n) is 6.11. The minimum Gasteiger partial charge on any atom is -0.313 e. The summed E-state index contributed by atoms with van der Waals surface area (Å²) in [6.07, 6.45) is 1.58. The van der Waals surface area contributed by atoms with Crippen molar-refractivity contribution in [3.05, 3.63) is 11.8 Å². The first-order chi connectivity index (χ1) is 9.78. The van der Waals surface area contributed by atoms with E-state index in [-0.39, 0.29) is 16.9 Å². The summed E-state index contributed by atoms with van der Waals surface area (Å²) in [5.74, 6) is 0.553. The molecule has 0 aliphatic heterocycles. The lowest BCUT2D eigenvalue weighted by atomic mass is 10.2. The molecule has 6 nitrogen and oxygen atoms in total. The average molecular weight is 316 g/mol. The Morgan fingerprint density at radius 3 is 2.29 bits per heavy atom. The zero-order valence-corrected chi connectivity index (χ0v) is 14.5. The Bertz CT molecular complexity index is 513. The number of aromatic amines is 1. The summed E-state index contributed by atoms with van der Waals surface area (Å²) in [4.78, 5) is 0. The molecule has 0 fully saturated rings. The topological polar surface area (TPSA) is 78.1 Å². The monoisotopic (exact) mass is 316 g/mol. The van der Waals surface area contributed by atoms with Crippen LogP contribution in [0.25, 0.3) is 0 Å². The molecule has 0 radical (unpaired) electrons. The van der Waals surface area contributed by atoms with Crippen LogP contribution in [0.3, 0.4) is 0 Å². The Morgan fingerprint density at radius 1 is 1.24 bits per heavy atom. The molecule has 0 saturated heterocycles. The molecule has 122 valence electrons. The van der Waals surface area contributed by atoms with E-state index in [1.165, 1.54) is 0 Å². The molecule has 0 bridgehead atoms. The molecule has 1 aromatic rings. The van der Waals surface area contributed by atoms with Crippen LogP contribution in [0.2, 0.25) is 0 Å². The fourth-order valence-corrected chi connectivity index (χ4v) is 3.99. The smallest absolute Gasteiger partial charge is 0.260 e. The molecule has 0 unspecified atom stereocenters. The Morgan fingerprint density at radius 2 is 1.81 bits per heavy atom. The molecule has 21 heavy (non-hydrogen) atoms. The first-order valence-corrected chi connectivity index (χ1v) is 8.96. The van der Waals surface area contributed by atoms with Crippen molar-refractivity contribution < 1.29 is 8.42 Å². The van der Waals surface area contributed by atoms with E-state index in [2.05, 4.69) is 15.5 Å². The fourth-order valence-electron chi connectivity index (χ4n) is 2.12. The molecule has 1 rings (SSSR count). The molecule has 7 heteroatoms. The summed E-state index contributed by atoms with van der Waals surface area (Å²) >= 11 is 0. The van der Waals surface area contributed by atoms with E-state index >= 15 is 0 Å². The van der Waals surface area contributed by atoms with Gasteiger partial charge in [-0.3, -0.25) is 5.10 Å². The molecule has 0 aliphatic rings. The van der Waals surface area contributed by atoms with Gasteiger partial charge in [0.25, 0.3) is 10.0 Å². The Balaban J connectivity index is 3.07. The number of nitrogens with one attached hydrogen (secondary N) is 2. The van der Waals surface area contributed by atoms with Crippen LogP contribution in [0.4, 0.5) is 0 Å². The first-order valence-electron chi connectivity index (χ1n) is 7.52. The van der Waals surface area contributed by atoms with Crippen LogP contribution in [-0.2, 0) is 16.6 Å². The molecule has 1 aromatic heterocycles. The van der Waals surface area contributed by atoms with Crippen molar-refractivity contribution in [2.45, 2.75) is 46.2 Å². The molecular formula is C14H28N4O2S. The van der Waals surface area contributed by atoms with E-state index in [1.54, 1.807) is 10.5 Å². The van der Waals surface area contributed by atoms with Gasteiger partial charge in [-0.25, -0.2) is 8.42 Å². The number of hydrogen-bond donors (Lipinski definition) is 2. The lowest BCUT2D eigenvalue weighted by molar-refractivity contribution is 0.332. The van der Waals surface area contributed by atoms with Crippen molar-refractivity contribution in [3.63, 3.8) is 0 Å². The number of sulfonamides is 1. The largest absolute Gasteiger partial charge is 0.313 e. The summed E-state index contributed by atoms with van der Waals surface area (Å²) < 4.78 is 27.3. The van der Waals surface area contributed by atoms with Crippen molar-refractivity contribution >= 4 is 10.0 Å². The number of aromatic nitrogens is 2. The van der Waals surface area contributed by atoms with Crippen molar-refractivity contribution in [3.8, 4) is 0 Å². The minimum absolute atomic E-state index is 0.213. The van der Waals surface area contributed by atoms with Gasteiger partial charge in [-0.05, 0) is 18.4 Å². The van der Waals surface area contributed by atoms with Gasteiger partial charge in [-0.2, -0.15) is 9.40 Å². The Labute approximate surface area is 128 Å². The van der Waals surface area contributed by atoms with E-state index in [1.807, 2.05) is 34.6 Å². The Hall–Kier alpha value is -0.920. The number of hydrogen-bond acceptors (Lipinski definition) is 4. The van der Waals surface area contributed by atoms with Gasteiger partial charge in [0.2, 0.25) is 0 Å². The van der Waals surface area contributed by atoms with Crippen LogP contribution in [0, 0.1) is 11.8 Å². The summed E-state index contributed by atoms with van der Waals surface area (Å²) in [7, 11) is -3.53. The zero-order chi connectivity index (χ0) is 16.0. The summed E-state index contributed by atoms with van der Waals surface area (Å²) in [5.41, 5.74) is 0.689. The molecule has 0 amide bonds. The summed E-state index contributed by atoms with van der Waals surface area (Å²) in [5, 5.41) is 9.93. The van der Waals surface area contributed by atoms with Crippen molar-refractivity contribution in [1.82, 2.24) is 19.8 Å². The quantitative estimate of drug-likeness (QED) is 0.728. The third kappa shape index (κ3) is 5.09. The Kier molecular flexibility index (Phi) is 6.83. The molecular weight excluding hydrogens is 288 g/mol. The maximum atomic E-state index is 12.9. The van der Waals surface area contributed by atoms with Crippen molar-refractivity contribution in [1.29, 1.82) is 0 Å². The molecule has 0 saturated carbocycles. The number of rotatable bonds is 9. The van der Waals surface area contributed by atoms with Gasteiger partial charge in [-0.1, -0.05) is 34.6 Å². The van der Waals surface area contributed by atoms with E-state index in [0.29, 0.717) is 25.2 Å². The van der Waals surface area contributed by atoms with Crippen LogP contribution in [0.15, 0.2) is 11.2 Å². The fraction of sp³-hybridized carbons (Fsp3) is 0.786. The van der Waals surface area contributed by atoms with Gasteiger partial charge in [0.15, 0.2) is 5.03 Å². The van der Waals surface area contributed by atoms with Gasteiger partial charge in [-0.15, -0.1) is 0 Å². The normalized spacial score (nSPS) is 12.8. The van der Waals surface area contributed by atoms with Crippen LogP contribution in [0.5, 0.6) is 0 Å². The lowest BCUT2D eigenvalue weighted by Gasteiger charge is -2.25. The molecule has 0 spiro atoms. The first kappa shape index (κ1) is 18.1. The predicted molar refractivity (Wildman–Crippen MR) is 84.4 cm³/mol. The maximum Gasteiger partial charge on any atom is 0.260 e. The average Bonchev–Trinajstić information content (AvgIpc) is 2.83. The second-order valence-corrected chi connectivity index (χ2v) is 7.99. The summed E-state index contributed by atoms with van der Waals surface area (Å²) in [6.45, 7) is 12.4. The van der Waals surface area contributed by atoms with E-state index in [9.17, 15) is 8.42 Å². The van der Waals surface area contributed by atoms with Crippen LogP contribution < -0.4 is 5.32 Å². The number of nitrogens with zero attached hydrogens (tertiary/aromatic N) is 2. The highest BCUT2D eigenvalue weighted by Gasteiger charge is 2.29. The minimum atomic E-state index is -3.53. The van der Waals surface area contributed by atoms with Gasteiger partial charge in [0.1, 0.15) is 0 Å². The van der Waals surface area contributed by atoms with Gasteiger partial charge in [0, 0.05) is 25.2 Å². The maximum absolute atomic E-state index is 12.9. The second kappa shape index (κ2) is 7.91. The standard InChI is InChI=1S/C14H28N4O2S/c1-6-15-7-13-8-16-17-14(13)21(19,20)18(9-11(2)3)10-12(4)5/h8,11-12,15H,6-7,9-10H2,1-5H3,(H,16,17). The molecule has 0 aliphatic carbocycles. The highest BCUT2D eigenvalue weighted by atomic mass is 32.2. The van der Waals surface area contributed by atoms with E-state index in [4.69, 9.17) is 0 Å². The molecule has 0 aromatic carbocycles. The third-order valence-electron chi connectivity index (χ3n) is 2.98. The van der Waals surface area contributed by atoms with Crippen LogP contribution in [-0.4, -0.2) is 42.6 Å². The van der Waals surface area contributed by atoms with Crippen molar-refractivity contribution in [2.75, 3.05) is 19.6 Å². The lowest BCUT2D eigenvalue weighted by Crippen LogP contribution is -2.37. The van der Waals surface area contributed by atoms with Crippen molar-refractivity contribution in [2.24, 2.45) is 11.8 Å². The highest BCUT2D eigenvalue weighted by Crippen LogP contribution is 2.20. The van der Waals surface area contributed by atoms with E-state index < -0.39 is 10.0 Å². The zero-order valence-electron chi connectivity index (χ0n) is 13.7. The molecule has 1 heterocycles. The highest BCUT2D eigenvalue weighted by molar-refractivity contribution is 7.89. The molecule has 0 atom stereocenters. The SMILES string of the molecule is CCNCc1cn[nH]c1S(=O)(=O)N(CC(C)C)CC(C)C. The van der Waals surface area contributed by atoms with E-state index in [0.717, 1.165) is 6.54 Å². The van der Waals surface area contributed by atoms with Crippen LogP contribution >= 0.6 is 0 Å².